The smallest absolute Gasteiger partial charge is 0.251 e. The number of fused-ring (bicyclic) bond motifs is 1. The van der Waals surface area contributed by atoms with Gasteiger partial charge in [-0.1, -0.05) is 30.3 Å². The van der Waals surface area contributed by atoms with Gasteiger partial charge in [0.15, 0.2) is 5.88 Å². The highest BCUT2D eigenvalue weighted by Crippen LogP contribution is 2.29. The van der Waals surface area contributed by atoms with Crippen molar-refractivity contribution >= 4 is 22.7 Å². The Morgan fingerprint density at radius 1 is 1.05 bits per heavy atom. The fourth-order valence-corrected chi connectivity index (χ4v) is 5.27. The van der Waals surface area contributed by atoms with E-state index in [1.165, 1.54) is 6.07 Å². The zero-order chi connectivity index (χ0) is 26.6. The fraction of sp³-hybridized carbons (Fsp3) is 0.333. The highest BCUT2D eigenvalue weighted by molar-refractivity contribution is 6.06. The molecule has 5 rings (SSSR count). The molecule has 8 heteroatoms. The third-order valence-electron chi connectivity index (χ3n) is 7.53. The van der Waals surface area contributed by atoms with Crippen molar-refractivity contribution < 1.29 is 13.9 Å². The topological polar surface area (TPSA) is 80.0 Å². The Labute approximate surface area is 222 Å². The van der Waals surface area contributed by atoms with Crippen LogP contribution in [0.1, 0.15) is 23.2 Å². The van der Waals surface area contributed by atoms with Crippen LogP contribution in [-0.2, 0) is 6.54 Å². The SMILES string of the molecule is CNC(=O)c1cc(=O)n(CCN2CCC(N(C)c3ccc(-c4ccccc4)o3)CC2)c2cc(OC)ccc12. The van der Waals surface area contributed by atoms with Gasteiger partial charge in [0.2, 0.25) is 0 Å². The third-order valence-corrected chi connectivity index (χ3v) is 7.53. The zero-order valence-corrected chi connectivity index (χ0v) is 22.1. The number of furan rings is 1. The van der Waals surface area contributed by atoms with Gasteiger partial charge < -0.3 is 28.8 Å². The lowest BCUT2D eigenvalue weighted by Crippen LogP contribution is -2.44. The molecule has 0 atom stereocenters. The number of hydrogen-bond acceptors (Lipinski definition) is 6. The molecule has 0 bridgehead atoms. The lowest BCUT2D eigenvalue weighted by Gasteiger charge is -2.36. The summed E-state index contributed by atoms with van der Waals surface area (Å²) >= 11 is 0. The summed E-state index contributed by atoms with van der Waals surface area (Å²) in [6.07, 6.45) is 2.02. The predicted molar refractivity (Wildman–Crippen MR) is 150 cm³/mol. The molecule has 3 heterocycles. The number of carbonyl (C=O) groups excluding carboxylic acids is 1. The van der Waals surface area contributed by atoms with E-state index in [1.807, 2.05) is 48.5 Å². The molecule has 0 radical (unpaired) electrons. The average molecular weight is 515 g/mol. The summed E-state index contributed by atoms with van der Waals surface area (Å²) in [6.45, 7) is 3.16. The molecular formula is C30H34N4O4. The third kappa shape index (κ3) is 5.17. The van der Waals surface area contributed by atoms with E-state index in [-0.39, 0.29) is 11.5 Å². The molecule has 1 saturated heterocycles. The molecule has 1 fully saturated rings. The van der Waals surface area contributed by atoms with Gasteiger partial charge in [-0.05, 0) is 31.0 Å². The van der Waals surface area contributed by atoms with Gasteiger partial charge in [0.25, 0.3) is 11.5 Å². The molecule has 0 spiro atoms. The number of pyridine rings is 1. The van der Waals surface area contributed by atoms with Crippen molar-refractivity contribution in [1.29, 1.82) is 0 Å². The van der Waals surface area contributed by atoms with E-state index in [0.29, 0.717) is 29.4 Å². The molecule has 38 heavy (non-hydrogen) atoms. The van der Waals surface area contributed by atoms with Crippen molar-refractivity contribution in [2.45, 2.75) is 25.4 Å². The number of rotatable bonds is 8. The second kappa shape index (κ2) is 11.1. The van der Waals surface area contributed by atoms with E-state index in [1.54, 1.807) is 18.7 Å². The summed E-state index contributed by atoms with van der Waals surface area (Å²) in [4.78, 5) is 30.1. The number of likely N-dealkylation sites (tertiary alicyclic amines) is 1. The summed E-state index contributed by atoms with van der Waals surface area (Å²) in [5.74, 6) is 2.13. The number of nitrogens with zero attached hydrogens (tertiary/aromatic N) is 3. The van der Waals surface area contributed by atoms with Crippen molar-refractivity contribution in [3.63, 3.8) is 0 Å². The van der Waals surface area contributed by atoms with E-state index in [0.717, 1.165) is 55.1 Å². The van der Waals surface area contributed by atoms with Crippen LogP contribution in [0.15, 0.2) is 75.9 Å². The first kappa shape index (κ1) is 25.6. The van der Waals surface area contributed by atoms with Crippen molar-refractivity contribution in [3.05, 3.63) is 82.6 Å². The van der Waals surface area contributed by atoms with Gasteiger partial charge in [0.05, 0.1) is 18.2 Å². The number of methoxy groups -OCH3 is 1. The van der Waals surface area contributed by atoms with Gasteiger partial charge in [-0.3, -0.25) is 9.59 Å². The number of ether oxygens (including phenoxy) is 1. The van der Waals surface area contributed by atoms with Crippen LogP contribution in [0.2, 0.25) is 0 Å². The van der Waals surface area contributed by atoms with Crippen molar-refractivity contribution in [1.82, 2.24) is 14.8 Å². The van der Waals surface area contributed by atoms with Gasteiger partial charge in [-0.15, -0.1) is 0 Å². The van der Waals surface area contributed by atoms with Gasteiger partial charge >= 0.3 is 0 Å². The molecule has 2 aromatic carbocycles. The van der Waals surface area contributed by atoms with Crippen LogP contribution >= 0.6 is 0 Å². The maximum atomic E-state index is 13.1. The number of aromatic nitrogens is 1. The first-order valence-electron chi connectivity index (χ1n) is 13.0. The number of benzene rings is 2. The molecule has 0 unspecified atom stereocenters. The first-order chi connectivity index (χ1) is 18.5. The number of nitrogens with one attached hydrogen (secondary N) is 1. The number of amides is 1. The second-order valence-corrected chi connectivity index (χ2v) is 9.70. The first-order valence-corrected chi connectivity index (χ1v) is 13.0. The highest BCUT2D eigenvalue weighted by Gasteiger charge is 2.25. The molecule has 2 aromatic heterocycles. The van der Waals surface area contributed by atoms with Crippen molar-refractivity contribution in [2.75, 3.05) is 45.7 Å². The summed E-state index contributed by atoms with van der Waals surface area (Å²) in [5.41, 5.74) is 1.97. The average Bonchev–Trinajstić information content (AvgIpc) is 3.46. The van der Waals surface area contributed by atoms with Crippen LogP contribution in [-0.4, -0.2) is 62.3 Å². The molecule has 0 saturated carbocycles. The van der Waals surface area contributed by atoms with E-state index in [9.17, 15) is 9.59 Å². The minimum Gasteiger partial charge on any atom is -0.497 e. The lowest BCUT2D eigenvalue weighted by molar-refractivity contribution is 0.0964. The Balaban J connectivity index is 1.25. The molecule has 1 amide bonds. The molecule has 1 N–H and O–H groups in total. The Kier molecular flexibility index (Phi) is 7.51. The fourth-order valence-electron chi connectivity index (χ4n) is 5.27. The quantitative estimate of drug-likeness (QED) is 0.379. The minimum atomic E-state index is -0.275. The summed E-state index contributed by atoms with van der Waals surface area (Å²) < 4.78 is 13.3. The van der Waals surface area contributed by atoms with Crippen LogP contribution < -0.4 is 20.5 Å². The van der Waals surface area contributed by atoms with Crippen molar-refractivity contribution in [3.8, 4) is 17.1 Å². The predicted octanol–water partition coefficient (Wildman–Crippen LogP) is 4.23. The van der Waals surface area contributed by atoms with Gasteiger partial charge in [-0.2, -0.15) is 0 Å². The molecule has 4 aromatic rings. The molecule has 8 nitrogen and oxygen atoms in total. The van der Waals surface area contributed by atoms with Crippen LogP contribution in [0.3, 0.4) is 0 Å². The van der Waals surface area contributed by atoms with Crippen LogP contribution in [0, 0.1) is 0 Å². The normalized spacial score (nSPS) is 14.5. The zero-order valence-electron chi connectivity index (χ0n) is 22.1. The standard InChI is InChI=1S/C30H34N4O4/c1-31-30(36)25-20-28(35)34(26-19-23(37-3)9-10-24(25)26)18-17-33-15-13-22(14-16-33)32(2)29-12-11-27(38-29)21-7-5-4-6-8-21/h4-12,19-20,22H,13-18H2,1-3H3,(H,31,36). The Hall–Kier alpha value is -4.04. The number of piperidine rings is 1. The Morgan fingerprint density at radius 2 is 1.82 bits per heavy atom. The van der Waals surface area contributed by atoms with Gasteiger partial charge in [0.1, 0.15) is 11.5 Å². The lowest BCUT2D eigenvalue weighted by atomic mass is 10.0. The maximum absolute atomic E-state index is 13.1. The number of hydrogen-bond donors (Lipinski definition) is 1. The van der Waals surface area contributed by atoms with Crippen LogP contribution in [0.4, 0.5) is 5.88 Å². The number of carbonyl (C=O) groups is 1. The van der Waals surface area contributed by atoms with Crippen LogP contribution in [0.25, 0.3) is 22.2 Å². The summed E-state index contributed by atoms with van der Waals surface area (Å²) in [6, 6.07) is 21.5. The molecule has 1 aliphatic rings. The summed E-state index contributed by atoms with van der Waals surface area (Å²) in [7, 11) is 5.26. The molecule has 198 valence electrons. The maximum Gasteiger partial charge on any atom is 0.251 e. The van der Waals surface area contributed by atoms with E-state index >= 15 is 0 Å². The Morgan fingerprint density at radius 3 is 2.53 bits per heavy atom. The molecule has 1 aliphatic heterocycles. The van der Waals surface area contributed by atoms with E-state index in [2.05, 4.69) is 34.3 Å². The van der Waals surface area contributed by atoms with Crippen LogP contribution in [0.5, 0.6) is 5.75 Å². The van der Waals surface area contributed by atoms with Gasteiger partial charge in [-0.25, -0.2) is 0 Å². The second-order valence-electron chi connectivity index (χ2n) is 9.70. The highest BCUT2D eigenvalue weighted by atomic mass is 16.5. The van der Waals surface area contributed by atoms with E-state index < -0.39 is 0 Å². The molecular weight excluding hydrogens is 480 g/mol. The molecule has 0 aliphatic carbocycles. The minimum absolute atomic E-state index is 0.189. The summed E-state index contributed by atoms with van der Waals surface area (Å²) in [5, 5.41) is 3.36. The Bertz CT molecular complexity index is 1470. The van der Waals surface area contributed by atoms with Gasteiger partial charge in [0, 0.05) is 75.5 Å². The van der Waals surface area contributed by atoms with E-state index in [4.69, 9.17) is 9.15 Å². The largest absolute Gasteiger partial charge is 0.497 e. The van der Waals surface area contributed by atoms with Crippen molar-refractivity contribution in [2.24, 2.45) is 0 Å². The monoisotopic (exact) mass is 514 g/mol. The number of anilines is 1.